The van der Waals surface area contributed by atoms with E-state index in [9.17, 15) is 14.0 Å². The smallest absolute Gasteiger partial charge is 0.414 e. The summed E-state index contributed by atoms with van der Waals surface area (Å²) in [5.74, 6) is -0.923. The van der Waals surface area contributed by atoms with Gasteiger partial charge in [-0.3, -0.25) is 9.69 Å². The van der Waals surface area contributed by atoms with Crippen LogP contribution in [0.2, 0.25) is 0 Å². The maximum Gasteiger partial charge on any atom is 0.414 e. The second-order valence-electron chi connectivity index (χ2n) is 5.90. The molecule has 0 aliphatic carbocycles. The molecule has 0 spiro atoms. The Balaban J connectivity index is 2.32. The number of anilines is 1. The van der Waals surface area contributed by atoms with E-state index < -0.39 is 17.5 Å². The molecule has 0 saturated carbocycles. The first-order valence-electron chi connectivity index (χ1n) is 6.53. The summed E-state index contributed by atoms with van der Waals surface area (Å²) in [6.45, 7) is 7.10. The number of hydrogen-bond acceptors (Lipinski definition) is 3. The number of amides is 1. The zero-order chi connectivity index (χ0) is 15.1. The van der Waals surface area contributed by atoms with Crippen molar-refractivity contribution in [3.05, 3.63) is 29.1 Å². The van der Waals surface area contributed by atoms with E-state index in [1.165, 1.54) is 24.0 Å². The van der Waals surface area contributed by atoms with Crippen molar-refractivity contribution < 1.29 is 18.7 Å². The van der Waals surface area contributed by atoms with Crippen molar-refractivity contribution in [3.63, 3.8) is 0 Å². The van der Waals surface area contributed by atoms with Gasteiger partial charge in [-0.1, -0.05) is 0 Å². The zero-order valence-corrected chi connectivity index (χ0v) is 12.1. The number of ketones is 1. The summed E-state index contributed by atoms with van der Waals surface area (Å²) in [4.78, 5) is 24.8. The molecule has 1 aromatic rings. The van der Waals surface area contributed by atoms with Gasteiger partial charge in [-0.15, -0.1) is 0 Å². The monoisotopic (exact) mass is 279 g/mol. The molecule has 0 atom stereocenters. The van der Waals surface area contributed by atoms with E-state index in [0.29, 0.717) is 18.7 Å². The minimum absolute atomic E-state index is 0.0646. The van der Waals surface area contributed by atoms with Crippen molar-refractivity contribution in [2.45, 2.75) is 39.7 Å². The molecule has 0 N–H and O–H groups in total. The first kappa shape index (κ1) is 14.5. The van der Waals surface area contributed by atoms with Crippen LogP contribution >= 0.6 is 0 Å². The second kappa shape index (κ2) is 4.89. The van der Waals surface area contributed by atoms with E-state index in [4.69, 9.17) is 4.74 Å². The number of Topliss-reactive ketones (excluding diaryl/α,β-unsaturated/α-hetero) is 1. The van der Waals surface area contributed by atoms with Gasteiger partial charge in [0.1, 0.15) is 11.4 Å². The van der Waals surface area contributed by atoms with Crippen LogP contribution in [0.1, 0.15) is 43.6 Å². The molecular weight excluding hydrogens is 261 g/mol. The Morgan fingerprint density at radius 1 is 1.30 bits per heavy atom. The van der Waals surface area contributed by atoms with Gasteiger partial charge < -0.3 is 4.74 Å². The zero-order valence-electron chi connectivity index (χ0n) is 12.1. The third-order valence-corrected chi connectivity index (χ3v) is 3.06. The summed E-state index contributed by atoms with van der Waals surface area (Å²) in [6, 6.07) is 2.76. The fourth-order valence-corrected chi connectivity index (χ4v) is 2.19. The lowest BCUT2D eigenvalue weighted by Crippen LogP contribution is -2.35. The van der Waals surface area contributed by atoms with Crippen LogP contribution in [-0.4, -0.2) is 24.0 Å². The van der Waals surface area contributed by atoms with Crippen LogP contribution in [0.4, 0.5) is 14.9 Å². The van der Waals surface area contributed by atoms with Gasteiger partial charge >= 0.3 is 6.09 Å². The third kappa shape index (κ3) is 2.81. The quantitative estimate of drug-likeness (QED) is 0.741. The Hall–Kier alpha value is -1.91. The minimum atomic E-state index is -0.605. The highest BCUT2D eigenvalue weighted by Gasteiger charge is 2.30. The average Bonchev–Trinajstić information content (AvgIpc) is 2.67. The SMILES string of the molecule is CC(=O)c1cc2c(cc1F)N(C(=O)OC(C)(C)C)CC2. The summed E-state index contributed by atoms with van der Waals surface area (Å²) >= 11 is 0. The Bertz CT molecular complexity index is 575. The first-order chi connectivity index (χ1) is 9.19. The highest BCUT2D eigenvalue weighted by molar-refractivity contribution is 5.97. The fraction of sp³-hybridized carbons (Fsp3) is 0.467. The molecule has 0 fully saturated rings. The molecular formula is C15H18FNO3. The molecule has 0 unspecified atom stereocenters. The summed E-state index contributed by atoms with van der Waals surface area (Å²) in [5, 5.41) is 0. The number of carbonyl (C=O) groups is 2. The van der Waals surface area contributed by atoms with E-state index in [2.05, 4.69) is 0 Å². The molecule has 1 aliphatic heterocycles. The molecule has 1 amide bonds. The lowest BCUT2D eigenvalue weighted by Gasteiger charge is -2.24. The molecule has 4 nitrogen and oxygen atoms in total. The number of fused-ring (bicyclic) bond motifs is 1. The molecule has 5 heteroatoms. The number of carbonyl (C=O) groups excluding carboxylic acids is 2. The predicted octanol–water partition coefficient (Wildman–Crippen LogP) is 3.33. The van der Waals surface area contributed by atoms with Crippen molar-refractivity contribution in [2.24, 2.45) is 0 Å². The van der Waals surface area contributed by atoms with Crippen molar-refractivity contribution >= 4 is 17.6 Å². The Kier molecular flexibility index (Phi) is 3.54. The van der Waals surface area contributed by atoms with Crippen LogP contribution in [0.25, 0.3) is 0 Å². The average molecular weight is 279 g/mol. The summed E-state index contributed by atoms with van der Waals surface area (Å²) in [7, 11) is 0. The van der Waals surface area contributed by atoms with Gasteiger partial charge in [-0.2, -0.15) is 0 Å². The molecule has 20 heavy (non-hydrogen) atoms. The minimum Gasteiger partial charge on any atom is -0.443 e. The highest BCUT2D eigenvalue weighted by atomic mass is 19.1. The lowest BCUT2D eigenvalue weighted by molar-refractivity contribution is 0.0584. The van der Waals surface area contributed by atoms with Crippen molar-refractivity contribution in [3.8, 4) is 0 Å². The van der Waals surface area contributed by atoms with Crippen molar-refractivity contribution in [1.82, 2.24) is 0 Å². The third-order valence-electron chi connectivity index (χ3n) is 3.06. The van der Waals surface area contributed by atoms with E-state index in [-0.39, 0.29) is 11.3 Å². The van der Waals surface area contributed by atoms with Gasteiger partial charge in [-0.05, 0) is 51.8 Å². The standard InChI is InChI=1S/C15H18FNO3/c1-9(18)11-7-10-5-6-17(13(10)8-12(11)16)14(19)20-15(2,3)4/h7-8H,5-6H2,1-4H3. The Morgan fingerprint density at radius 2 is 1.95 bits per heavy atom. The molecule has 2 rings (SSSR count). The van der Waals surface area contributed by atoms with Gasteiger partial charge in [-0.25, -0.2) is 9.18 Å². The van der Waals surface area contributed by atoms with Gasteiger partial charge in [0, 0.05) is 6.54 Å². The molecule has 0 radical (unpaired) electrons. The number of rotatable bonds is 1. The van der Waals surface area contributed by atoms with Crippen LogP contribution in [-0.2, 0) is 11.2 Å². The molecule has 0 aromatic heterocycles. The van der Waals surface area contributed by atoms with Crippen molar-refractivity contribution in [1.29, 1.82) is 0 Å². The van der Waals surface area contributed by atoms with E-state index in [0.717, 1.165) is 5.56 Å². The topological polar surface area (TPSA) is 46.6 Å². The molecule has 1 aromatic carbocycles. The maximum atomic E-state index is 13.9. The van der Waals surface area contributed by atoms with Gasteiger partial charge in [0.2, 0.25) is 0 Å². The molecule has 108 valence electrons. The van der Waals surface area contributed by atoms with Crippen LogP contribution in [0.5, 0.6) is 0 Å². The summed E-state index contributed by atoms with van der Waals surface area (Å²) in [6.07, 6.45) is 0.0982. The molecule has 0 saturated heterocycles. The largest absolute Gasteiger partial charge is 0.443 e. The molecule has 0 bridgehead atoms. The second-order valence-corrected chi connectivity index (χ2v) is 5.90. The Labute approximate surface area is 117 Å². The number of nitrogens with zero attached hydrogens (tertiary/aromatic N) is 1. The van der Waals surface area contributed by atoms with Crippen molar-refractivity contribution in [2.75, 3.05) is 11.4 Å². The predicted molar refractivity (Wildman–Crippen MR) is 73.7 cm³/mol. The number of benzene rings is 1. The molecule has 1 heterocycles. The summed E-state index contributed by atoms with van der Waals surface area (Å²) < 4.78 is 19.2. The fourth-order valence-electron chi connectivity index (χ4n) is 2.19. The lowest BCUT2D eigenvalue weighted by atomic mass is 10.1. The van der Waals surface area contributed by atoms with Gasteiger partial charge in [0.15, 0.2) is 5.78 Å². The van der Waals surface area contributed by atoms with E-state index in [1.54, 1.807) is 20.8 Å². The molecule has 1 aliphatic rings. The van der Waals surface area contributed by atoms with Crippen LogP contribution in [0, 0.1) is 5.82 Å². The normalized spacial score (nSPS) is 14.2. The van der Waals surface area contributed by atoms with Crippen LogP contribution in [0.15, 0.2) is 12.1 Å². The maximum absolute atomic E-state index is 13.9. The number of ether oxygens (including phenoxy) is 1. The van der Waals surface area contributed by atoms with E-state index >= 15 is 0 Å². The highest BCUT2D eigenvalue weighted by Crippen LogP contribution is 2.32. The Morgan fingerprint density at radius 3 is 2.50 bits per heavy atom. The van der Waals surface area contributed by atoms with Gasteiger partial charge in [0.05, 0.1) is 11.3 Å². The summed E-state index contributed by atoms with van der Waals surface area (Å²) in [5.41, 5.74) is 0.747. The number of hydrogen-bond donors (Lipinski definition) is 0. The van der Waals surface area contributed by atoms with Crippen LogP contribution < -0.4 is 4.90 Å². The van der Waals surface area contributed by atoms with Gasteiger partial charge in [0.25, 0.3) is 0 Å². The number of halogens is 1. The van der Waals surface area contributed by atoms with Crippen LogP contribution in [0.3, 0.4) is 0 Å². The first-order valence-corrected chi connectivity index (χ1v) is 6.53. The van der Waals surface area contributed by atoms with E-state index in [1.807, 2.05) is 0 Å².